The van der Waals surface area contributed by atoms with Gasteiger partial charge in [-0.1, -0.05) is 32.4 Å². The Balaban J connectivity index is 2.59. The number of hydrogen-bond donors (Lipinski definition) is 1. The minimum absolute atomic E-state index is 0.802. The Kier molecular flexibility index (Phi) is 3.99. The Morgan fingerprint density at radius 1 is 1.36 bits per heavy atom. The van der Waals surface area contributed by atoms with Crippen LogP contribution in [0.15, 0.2) is 18.2 Å². The quantitative estimate of drug-likeness (QED) is 0.724. The standard InChI is InChI=1S/C13H21N/c1-4-10(2)5-7-12-8-6-11(3)9-13(12)14/h6,8-10H,4-5,7,14H2,1-3H3. The molecule has 1 nitrogen and oxygen atoms in total. The number of benzene rings is 1. The van der Waals surface area contributed by atoms with Crippen LogP contribution in [-0.4, -0.2) is 0 Å². The molecule has 78 valence electrons. The van der Waals surface area contributed by atoms with Crippen molar-refractivity contribution < 1.29 is 0 Å². The zero-order chi connectivity index (χ0) is 10.6. The number of nitrogens with two attached hydrogens (primary N) is 1. The van der Waals surface area contributed by atoms with Gasteiger partial charge in [-0.05, 0) is 42.9 Å². The Labute approximate surface area is 87.3 Å². The number of aryl methyl sites for hydroxylation is 2. The second-order valence-electron chi connectivity index (χ2n) is 4.25. The van der Waals surface area contributed by atoms with Crippen LogP contribution in [0.2, 0.25) is 0 Å². The maximum absolute atomic E-state index is 5.95. The van der Waals surface area contributed by atoms with Crippen LogP contribution in [0, 0.1) is 12.8 Å². The SMILES string of the molecule is CCC(C)CCc1ccc(C)cc1N. The minimum atomic E-state index is 0.802. The van der Waals surface area contributed by atoms with Crippen LogP contribution in [0.4, 0.5) is 5.69 Å². The summed E-state index contributed by atoms with van der Waals surface area (Å²) in [4.78, 5) is 0. The van der Waals surface area contributed by atoms with E-state index < -0.39 is 0 Å². The molecule has 1 aromatic carbocycles. The topological polar surface area (TPSA) is 26.0 Å². The average molecular weight is 191 g/mol. The van der Waals surface area contributed by atoms with Gasteiger partial charge in [0.25, 0.3) is 0 Å². The van der Waals surface area contributed by atoms with E-state index in [1.807, 2.05) is 0 Å². The summed E-state index contributed by atoms with van der Waals surface area (Å²) in [5.74, 6) is 0.802. The molecule has 1 atom stereocenters. The van der Waals surface area contributed by atoms with Crippen LogP contribution in [0.1, 0.15) is 37.8 Å². The van der Waals surface area contributed by atoms with Crippen molar-refractivity contribution in [3.05, 3.63) is 29.3 Å². The average Bonchev–Trinajstić information content (AvgIpc) is 2.16. The van der Waals surface area contributed by atoms with Crippen LogP contribution in [-0.2, 0) is 6.42 Å². The van der Waals surface area contributed by atoms with Gasteiger partial charge in [0.2, 0.25) is 0 Å². The molecule has 0 bridgehead atoms. The maximum Gasteiger partial charge on any atom is 0.0349 e. The Morgan fingerprint density at radius 3 is 2.64 bits per heavy atom. The Hall–Kier alpha value is -0.980. The smallest absolute Gasteiger partial charge is 0.0349 e. The summed E-state index contributed by atoms with van der Waals surface area (Å²) < 4.78 is 0. The first-order valence-electron chi connectivity index (χ1n) is 5.48. The molecule has 0 saturated heterocycles. The van der Waals surface area contributed by atoms with Crippen LogP contribution >= 0.6 is 0 Å². The first-order valence-corrected chi connectivity index (χ1v) is 5.48. The van der Waals surface area contributed by atoms with Crippen molar-refractivity contribution >= 4 is 5.69 Å². The summed E-state index contributed by atoms with van der Waals surface area (Å²) in [6.07, 6.45) is 3.61. The molecule has 0 radical (unpaired) electrons. The first kappa shape index (κ1) is 11.1. The van der Waals surface area contributed by atoms with Crippen LogP contribution in [0.25, 0.3) is 0 Å². The van der Waals surface area contributed by atoms with Gasteiger partial charge in [0.05, 0.1) is 0 Å². The molecule has 0 aromatic heterocycles. The summed E-state index contributed by atoms with van der Waals surface area (Å²) in [6.45, 7) is 6.61. The summed E-state index contributed by atoms with van der Waals surface area (Å²) >= 11 is 0. The summed E-state index contributed by atoms with van der Waals surface area (Å²) in [7, 11) is 0. The van der Waals surface area contributed by atoms with E-state index in [1.54, 1.807) is 0 Å². The molecule has 0 spiro atoms. The lowest BCUT2D eigenvalue weighted by Crippen LogP contribution is -1.99. The van der Waals surface area contributed by atoms with E-state index in [0.717, 1.165) is 18.0 Å². The maximum atomic E-state index is 5.95. The molecule has 0 aliphatic heterocycles. The van der Waals surface area contributed by atoms with Gasteiger partial charge < -0.3 is 5.73 Å². The summed E-state index contributed by atoms with van der Waals surface area (Å²) in [5, 5.41) is 0. The fraction of sp³-hybridized carbons (Fsp3) is 0.538. The molecule has 0 aliphatic carbocycles. The highest BCUT2D eigenvalue weighted by molar-refractivity contribution is 5.48. The molecule has 1 unspecified atom stereocenters. The largest absolute Gasteiger partial charge is 0.398 e. The van der Waals surface area contributed by atoms with Gasteiger partial charge in [-0.3, -0.25) is 0 Å². The van der Waals surface area contributed by atoms with E-state index >= 15 is 0 Å². The molecule has 14 heavy (non-hydrogen) atoms. The second-order valence-corrected chi connectivity index (χ2v) is 4.25. The molecule has 0 heterocycles. The minimum Gasteiger partial charge on any atom is -0.398 e. The van der Waals surface area contributed by atoms with Gasteiger partial charge >= 0.3 is 0 Å². The molecule has 1 aromatic rings. The van der Waals surface area contributed by atoms with Crippen molar-refractivity contribution in [1.29, 1.82) is 0 Å². The number of nitrogen functional groups attached to an aromatic ring is 1. The molecule has 1 rings (SSSR count). The van der Waals surface area contributed by atoms with E-state index in [0.29, 0.717) is 0 Å². The lowest BCUT2D eigenvalue weighted by atomic mass is 9.97. The zero-order valence-electron chi connectivity index (χ0n) is 9.51. The summed E-state index contributed by atoms with van der Waals surface area (Å²) in [6, 6.07) is 6.36. The third kappa shape index (κ3) is 3.06. The van der Waals surface area contributed by atoms with Crippen molar-refractivity contribution in [3.63, 3.8) is 0 Å². The summed E-state index contributed by atoms with van der Waals surface area (Å²) in [5.41, 5.74) is 9.45. The third-order valence-electron chi connectivity index (χ3n) is 2.90. The van der Waals surface area contributed by atoms with E-state index in [4.69, 9.17) is 5.73 Å². The number of hydrogen-bond acceptors (Lipinski definition) is 1. The van der Waals surface area contributed by atoms with Crippen LogP contribution in [0.5, 0.6) is 0 Å². The van der Waals surface area contributed by atoms with E-state index in [1.165, 1.54) is 24.0 Å². The highest BCUT2D eigenvalue weighted by atomic mass is 14.6. The number of rotatable bonds is 4. The highest BCUT2D eigenvalue weighted by Gasteiger charge is 2.02. The normalized spacial score (nSPS) is 12.8. The predicted octanol–water partition coefficient (Wildman–Crippen LogP) is 3.56. The monoisotopic (exact) mass is 191 g/mol. The molecule has 0 saturated carbocycles. The third-order valence-corrected chi connectivity index (χ3v) is 2.90. The zero-order valence-corrected chi connectivity index (χ0v) is 9.51. The van der Waals surface area contributed by atoms with Crippen LogP contribution in [0.3, 0.4) is 0 Å². The Bertz CT molecular complexity index is 291. The van der Waals surface area contributed by atoms with Crippen molar-refractivity contribution in [1.82, 2.24) is 0 Å². The molecular weight excluding hydrogens is 170 g/mol. The van der Waals surface area contributed by atoms with Gasteiger partial charge in [-0.2, -0.15) is 0 Å². The molecule has 1 heteroatoms. The van der Waals surface area contributed by atoms with Crippen molar-refractivity contribution in [3.8, 4) is 0 Å². The molecule has 0 amide bonds. The molecule has 0 fully saturated rings. The van der Waals surface area contributed by atoms with Gasteiger partial charge in [0.15, 0.2) is 0 Å². The van der Waals surface area contributed by atoms with Gasteiger partial charge in [0.1, 0.15) is 0 Å². The fourth-order valence-corrected chi connectivity index (χ4v) is 1.55. The molecule has 2 N–H and O–H groups in total. The molecular formula is C13H21N. The van der Waals surface area contributed by atoms with Gasteiger partial charge in [-0.25, -0.2) is 0 Å². The van der Waals surface area contributed by atoms with Crippen molar-refractivity contribution in [2.24, 2.45) is 5.92 Å². The highest BCUT2D eigenvalue weighted by Crippen LogP contribution is 2.18. The molecule has 0 aliphatic rings. The van der Waals surface area contributed by atoms with E-state index in [9.17, 15) is 0 Å². The lowest BCUT2D eigenvalue weighted by molar-refractivity contribution is 0.517. The first-order chi connectivity index (χ1) is 6.63. The predicted molar refractivity (Wildman–Crippen MR) is 63.4 cm³/mol. The van der Waals surface area contributed by atoms with Crippen molar-refractivity contribution in [2.75, 3.05) is 5.73 Å². The van der Waals surface area contributed by atoms with Gasteiger partial charge in [-0.15, -0.1) is 0 Å². The van der Waals surface area contributed by atoms with Crippen molar-refractivity contribution in [2.45, 2.75) is 40.0 Å². The Morgan fingerprint density at radius 2 is 2.07 bits per heavy atom. The fourth-order valence-electron chi connectivity index (χ4n) is 1.55. The van der Waals surface area contributed by atoms with E-state index in [-0.39, 0.29) is 0 Å². The van der Waals surface area contributed by atoms with Crippen LogP contribution < -0.4 is 5.73 Å². The second kappa shape index (κ2) is 5.04. The van der Waals surface area contributed by atoms with Gasteiger partial charge in [0, 0.05) is 5.69 Å². The van der Waals surface area contributed by atoms with E-state index in [2.05, 4.69) is 39.0 Å². The number of anilines is 1. The lowest BCUT2D eigenvalue weighted by Gasteiger charge is -2.10.